The highest BCUT2D eigenvalue weighted by Crippen LogP contribution is 2.31. The zero-order valence-electron chi connectivity index (χ0n) is 11.0. The van der Waals surface area contributed by atoms with E-state index in [1.54, 1.807) is 18.7 Å². The van der Waals surface area contributed by atoms with Gasteiger partial charge in [0.15, 0.2) is 0 Å². The molecule has 3 heteroatoms. The first-order valence-corrected chi connectivity index (χ1v) is 7.48. The van der Waals surface area contributed by atoms with Crippen molar-refractivity contribution in [2.45, 2.75) is 42.1 Å². The molecule has 1 aliphatic carbocycles. The number of fused-ring (bicyclic) bond motifs is 1. The molecule has 0 bridgehead atoms. The van der Waals surface area contributed by atoms with Gasteiger partial charge in [0.25, 0.3) is 0 Å². The SMILES string of the molecule is C[C@H](O)c1ccc(Sc2ccc3c(c2)CCC3)cn1. The van der Waals surface area contributed by atoms with E-state index >= 15 is 0 Å². The average Bonchev–Trinajstić information content (AvgIpc) is 2.87. The van der Waals surface area contributed by atoms with Crippen LogP contribution in [-0.4, -0.2) is 10.1 Å². The van der Waals surface area contributed by atoms with Crippen molar-refractivity contribution in [2.24, 2.45) is 0 Å². The summed E-state index contributed by atoms with van der Waals surface area (Å²) in [6.07, 6.45) is 5.06. The molecule has 0 amide bonds. The quantitative estimate of drug-likeness (QED) is 0.922. The van der Waals surface area contributed by atoms with E-state index in [2.05, 4.69) is 23.2 Å². The van der Waals surface area contributed by atoms with E-state index < -0.39 is 6.10 Å². The Kier molecular flexibility index (Phi) is 3.58. The second-order valence-corrected chi connectivity index (χ2v) is 6.13. The summed E-state index contributed by atoms with van der Waals surface area (Å²) >= 11 is 1.73. The fourth-order valence-electron chi connectivity index (χ4n) is 2.45. The zero-order chi connectivity index (χ0) is 13.2. The Morgan fingerprint density at radius 1 is 1.11 bits per heavy atom. The molecule has 0 saturated carbocycles. The number of aliphatic hydroxyl groups is 1. The third kappa shape index (κ3) is 2.82. The number of benzene rings is 1. The van der Waals surface area contributed by atoms with Gasteiger partial charge in [-0.05, 0) is 61.6 Å². The van der Waals surface area contributed by atoms with E-state index in [1.807, 2.05) is 18.3 Å². The van der Waals surface area contributed by atoms with Crippen molar-refractivity contribution in [3.8, 4) is 0 Å². The van der Waals surface area contributed by atoms with Crippen LogP contribution in [0.25, 0.3) is 0 Å². The van der Waals surface area contributed by atoms with Crippen molar-refractivity contribution in [1.82, 2.24) is 4.98 Å². The van der Waals surface area contributed by atoms with E-state index in [9.17, 15) is 5.11 Å². The molecule has 3 rings (SSSR count). The minimum absolute atomic E-state index is 0.501. The van der Waals surface area contributed by atoms with Crippen LogP contribution in [0.4, 0.5) is 0 Å². The number of rotatable bonds is 3. The van der Waals surface area contributed by atoms with Crippen LogP contribution < -0.4 is 0 Å². The summed E-state index contributed by atoms with van der Waals surface area (Å²) in [5.74, 6) is 0. The summed E-state index contributed by atoms with van der Waals surface area (Å²) < 4.78 is 0. The lowest BCUT2D eigenvalue weighted by Gasteiger charge is -2.06. The van der Waals surface area contributed by atoms with Gasteiger partial charge < -0.3 is 5.11 Å². The number of hydrogen-bond donors (Lipinski definition) is 1. The predicted molar refractivity (Wildman–Crippen MR) is 77.5 cm³/mol. The highest BCUT2D eigenvalue weighted by atomic mass is 32.2. The summed E-state index contributed by atoms with van der Waals surface area (Å²) in [5, 5.41) is 9.44. The van der Waals surface area contributed by atoms with E-state index in [1.165, 1.54) is 35.3 Å². The summed E-state index contributed by atoms with van der Waals surface area (Å²) in [7, 11) is 0. The molecule has 19 heavy (non-hydrogen) atoms. The maximum atomic E-state index is 9.44. The lowest BCUT2D eigenvalue weighted by molar-refractivity contribution is 0.194. The van der Waals surface area contributed by atoms with Crippen molar-refractivity contribution in [1.29, 1.82) is 0 Å². The third-order valence-electron chi connectivity index (χ3n) is 3.49. The standard InChI is InChI=1S/C16H17NOS/c1-11(18)16-8-7-15(10-17-16)19-14-6-5-12-3-2-4-13(12)9-14/h5-11,18H,2-4H2,1H3/t11-/m0/s1. The third-order valence-corrected chi connectivity index (χ3v) is 4.46. The van der Waals surface area contributed by atoms with Gasteiger partial charge in [-0.1, -0.05) is 17.8 Å². The smallest absolute Gasteiger partial charge is 0.0931 e. The first kappa shape index (κ1) is 12.7. The Balaban J connectivity index is 1.77. The van der Waals surface area contributed by atoms with Crippen LogP contribution in [0.1, 0.15) is 36.3 Å². The Labute approximate surface area is 117 Å². The van der Waals surface area contributed by atoms with E-state index in [4.69, 9.17) is 0 Å². The molecule has 1 atom stereocenters. The van der Waals surface area contributed by atoms with Crippen molar-refractivity contribution in [2.75, 3.05) is 0 Å². The molecule has 0 aliphatic heterocycles. The van der Waals surface area contributed by atoms with Gasteiger partial charge in [-0.15, -0.1) is 0 Å². The highest BCUT2D eigenvalue weighted by Gasteiger charge is 2.11. The summed E-state index contributed by atoms with van der Waals surface area (Å²) in [6.45, 7) is 1.73. The van der Waals surface area contributed by atoms with Gasteiger partial charge in [-0.2, -0.15) is 0 Å². The highest BCUT2D eigenvalue weighted by molar-refractivity contribution is 7.99. The van der Waals surface area contributed by atoms with Crippen molar-refractivity contribution >= 4 is 11.8 Å². The largest absolute Gasteiger partial charge is 0.387 e. The van der Waals surface area contributed by atoms with Crippen molar-refractivity contribution in [3.63, 3.8) is 0 Å². The average molecular weight is 271 g/mol. The van der Waals surface area contributed by atoms with Gasteiger partial charge >= 0.3 is 0 Å². The molecule has 1 aromatic heterocycles. The summed E-state index contributed by atoms with van der Waals surface area (Å²) in [4.78, 5) is 6.66. The molecule has 98 valence electrons. The van der Waals surface area contributed by atoms with Crippen molar-refractivity contribution in [3.05, 3.63) is 53.3 Å². The summed E-state index contributed by atoms with van der Waals surface area (Å²) in [5.41, 5.74) is 3.73. The van der Waals surface area contributed by atoms with Crippen LogP contribution in [0.2, 0.25) is 0 Å². The van der Waals surface area contributed by atoms with Gasteiger partial charge in [0.05, 0.1) is 11.8 Å². The topological polar surface area (TPSA) is 33.1 Å². The van der Waals surface area contributed by atoms with E-state index in [0.29, 0.717) is 0 Å². The first-order valence-electron chi connectivity index (χ1n) is 6.66. The van der Waals surface area contributed by atoms with Crippen LogP contribution in [-0.2, 0) is 12.8 Å². The minimum atomic E-state index is -0.501. The minimum Gasteiger partial charge on any atom is -0.387 e. The van der Waals surface area contributed by atoms with Crippen LogP contribution in [0.15, 0.2) is 46.3 Å². The van der Waals surface area contributed by atoms with Crippen molar-refractivity contribution < 1.29 is 5.11 Å². The molecule has 0 saturated heterocycles. The Hall–Kier alpha value is -1.32. The molecule has 1 N–H and O–H groups in total. The molecule has 0 fully saturated rings. The fraction of sp³-hybridized carbons (Fsp3) is 0.312. The second kappa shape index (κ2) is 5.35. The zero-order valence-corrected chi connectivity index (χ0v) is 11.8. The molecular weight excluding hydrogens is 254 g/mol. The number of aromatic nitrogens is 1. The molecule has 0 unspecified atom stereocenters. The molecule has 0 spiro atoms. The number of pyridine rings is 1. The second-order valence-electron chi connectivity index (χ2n) is 4.98. The predicted octanol–water partition coefficient (Wildman–Crippen LogP) is 3.77. The summed E-state index contributed by atoms with van der Waals surface area (Å²) in [6, 6.07) is 10.7. The number of nitrogens with zero attached hydrogens (tertiary/aromatic N) is 1. The monoisotopic (exact) mass is 271 g/mol. The maximum absolute atomic E-state index is 9.44. The maximum Gasteiger partial charge on any atom is 0.0931 e. The Morgan fingerprint density at radius 3 is 2.63 bits per heavy atom. The number of aliphatic hydroxyl groups excluding tert-OH is 1. The molecule has 0 radical (unpaired) electrons. The molecule has 2 aromatic rings. The van der Waals surface area contributed by atoms with Gasteiger partial charge in [-0.25, -0.2) is 0 Å². The molecule has 1 heterocycles. The van der Waals surface area contributed by atoms with Crippen LogP contribution in [0.5, 0.6) is 0 Å². The van der Waals surface area contributed by atoms with E-state index in [-0.39, 0.29) is 0 Å². The Bertz CT molecular complexity index is 578. The first-order chi connectivity index (χ1) is 9.22. The molecule has 1 aromatic carbocycles. The van der Waals surface area contributed by atoms with Gasteiger partial charge in [0.1, 0.15) is 0 Å². The number of aryl methyl sites for hydroxylation is 2. The molecule has 1 aliphatic rings. The van der Waals surface area contributed by atoms with Gasteiger partial charge in [0.2, 0.25) is 0 Å². The fourth-order valence-corrected chi connectivity index (χ4v) is 3.30. The van der Waals surface area contributed by atoms with Crippen LogP contribution in [0.3, 0.4) is 0 Å². The lowest BCUT2D eigenvalue weighted by Crippen LogP contribution is -1.94. The molecular formula is C16H17NOS. The molecule has 2 nitrogen and oxygen atoms in total. The van der Waals surface area contributed by atoms with Gasteiger partial charge in [-0.3, -0.25) is 4.98 Å². The van der Waals surface area contributed by atoms with E-state index in [0.717, 1.165) is 10.6 Å². The number of hydrogen-bond acceptors (Lipinski definition) is 3. The van der Waals surface area contributed by atoms with Crippen LogP contribution in [0, 0.1) is 0 Å². The normalized spacial score (nSPS) is 15.3. The lowest BCUT2D eigenvalue weighted by atomic mass is 10.1. The Morgan fingerprint density at radius 2 is 1.89 bits per heavy atom. The van der Waals surface area contributed by atoms with Crippen LogP contribution >= 0.6 is 11.8 Å². The van der Waals surface area contributed by atoms with Gasteiger partial charge in [0, 0.05) is 16.0 Å².